The monoisotopic (exact) mass is 450 g/mol. The first-order chi connectivity index (χ1) is 16.0. The third kappa shape index (κ3) is 6.11. The highest BCUT2D eigenvalue weighted by Crippen LogP contribution is 2.28. The Morgan fingerprint density at radius 3 is 2.42 bits per heavy atom. The van der Waals surface area contributed by atoms with E-state index in [1.807, 2.05) is 19.1 Å². The zero-order chi connectivity index (χ0) is 23.2. The highest BCUT2D eigenvalue weighted by atomic mass is 16.4. The number of piperidine rings is 2. The SMILES string of the molecule is Cc1ccc(C(=O)Nc2cnc(N3CCC(CCN4CCCCC4)CC3)c(C(=O)O)c2)cc1. The summed E-state index contributed by atoms with van der Waals surface area (Å²) in [6, 6.07) is 8.75. The number of carboxylic acids is 1. The number of anilines is 2. The summed E-state index contributed by atoms with van der Waals surface area (Å²) >= 11 is 0. The lowest BCUT2D eigenvalue weighted by atomic mass is 9.93. The third-order valence-corrected chi connectivity index (χ3v) is 6.89. The van der Waals surface area contributed by atoms with E-state index in [2.05, 4.69) is 20.1 Å². The third-order valence-electron chi connectivity index (χ3n) is 6.89. The lowest BCUT2D eigenvalue weighted by molar-refractivity contribution is 0.0696. The van der Waals surface area contributed by atoms with Crippen molar-refractivity contribution >= 4 is 23.4 Å². The van der Waals surface area contributed by atoms with E-state index in [0.29, 0.717) is 23.0 Å². The van der Waals surface area contributed by atoms with Crippen molar-refractivity contribution in [2.45, 2.75) is 45.4 Å². The minimum Gasteiger partial charge on any atom is -0.478 e. The van der Waals surface area contributed by atoms with E-state index in [4.69, 9.17) is 0 Å². The van der Waals surface area contributed by atoms with E-state index in [1.54, 1.807) is 18.3 Å². The fourth-order valence-electron chi connectivity index (χ4n) is 4.83. The average Bonchev–Trinajstić information content (AvgIpc) is 2.84. The Morgan fingerprint density at radius 2 is 1.76 bits per heavy atom. The van der Waals surface area contributed by atoms with Crippen LogP contribution in [-0.2, 0) is 0 Å². The number of nitrogens with one attached hydrogen (secondary N) is 1. The molecule has 1 aromatic heterocycles. The van der Waals surface area contributed by atoms with Crippen molar-refractivity contribution in [1.29, 1.82) is 0 Å². The predicted octanol–water partition coefficient (Wildman–Crippen LogP) is 4.43. The number of carbonyl (C=O) groups excluding carboxylic acids is 1. The number of hydrogen-bond acceptors (Lipinski definition) is 5. The maximum Gasteiger partial charge on any atom is 0.339 e. The summed E-state index contributed by atoms with van der Waals surface area (Å²) in [7, 11) is 0. The molecule has 2 fully saturated rings. The van der Waals surface area contributed by atoms with Crippen LogP contribution in [0.4, 0.5) is 11.5 Å². The summed E-state index contributed by atoms with van der Waals surface area (Å²) in [6.07, 6.45) is 8.89. The first-order valence-corrected chi connectivity index (χ1v) is 12.1. The summed E-state index contributed by atoms with van der Waals surface area (Å²) < 4.78 is 0. The van der Waals surface area contributed by atoms with E-state index in [1.165, 1.54) is 51.4 Å². The van der Waals surface area contributed by atoms with Gasteiger partial charge >= 0.3 is 5.97 Å². The first-order valence-electron chi connectivity index (χ1n) is 12.1. The number of hydrogen-bond donors (Lipinski definition) is 2. The van der Waals surface area contributed by atoms with Crippen LogP contribution in [0.3, 0.4) is 0 Å². The van der Waals surface area contributed by atoms with Crippen LogP contribution in [0.1, 0.15) is 64.8 Å². The summed E-state index contributed by atoms with van der Waals surface area (Å²) in [5, 5.41) is 12.6. The lowest BCUT2D eigenvalue weighted by Gasteiger charge is -2.35. The van der Waals surface area contributed by atoms with Gasteiger partial charge in [0, 0.05) is 18.7 Å². The number of carbonyl (C=O) groups is 2. The molecule has 7 nitrogen and oxygen atoms in total. The zero-order valence-corrected chi connectivity index (χ0v) is 19.4. The number of aromatic nitrogens is 1. The van der Waals surface area contributed by atoms with Crippen LogP contribution in [0.15, 0.2) is 36.5 Å². The average molecular weight is 451 g/mol. The van der Waals surface area contributed by atoms with Crippen LogP contribution in [0.5, 0.6) is 0 Å². The fourth-order valence-corrected chi connectivity index (χ4v) is 4.83. The summed E-state index contributed by atoms with van der Waals surface area (Å²) in [5.41, 5.74) is 2.11. The standard InChI is InChI=1S/C26H34N4O3/c1-19-5-7-21(8-6-19)25(31)28-22-17-23(26(32)33)24(27-18-22)30-15-10-20(11-16-30)9-14-29-12-3-2-4-13-29/h5-8,17-18,20H,2-4,9-16H2,1H3,(H,28,31)(H,32,33). The molecule has 2 aliphatic heterocycles. The molecular weight excluding hydrogens is 416 g/mol. The van der Waals surface area contributed by atoms with Crippen LogP contribution >= 0.6 is 0 Å². The molecule has 2 saturated heterocycles. The van der Waals surface area contributed by atoms with Gasteiger partial charge in [0.2, 0.25) is 0 Å². The summed E-state index contributed by atoms with van der Waals surface area (Å²) in [5.74, 6) is -0.138. The van der Waals surface area contributed by atoms with Gasteiger partial charge in [-0.2, -0.15) is 0 Å². The number of likely N-dealkylation sites (tertiary alicyclic amines) is 1. The molecule has 2 N–H and O–H groups in total. The fraction of sp³-hybridized carbons (Fsp3) is 0.500. The van der Waals surface area contributed by atoms with Crippen LogP contribution in [-0.4, -0.2) is 59.6 Å². The van der Waals surface area contributed by atoms with Gasteiger partial charge < -0.3 is 20.2 Å². The van der Waals surface area contributed by atoms with Gasteiger partial charge in [-0.15, -0.1) is 0 Å². The molecule has 0 unspecified atom stereocenters. The molecule has 3 heterocycles. The van der Waals surface area contributed by atoms with Gasteiger partial charge in [0.15, 0.2) is 0 Å². The second kappa shape index (κ2) is 10.8. The Balaban J connectivity index is 1.36. The molecule has 2 aliphatic rings. The Kier molecular flexibility index (Phi) is 7.60. The smallest absolute Gasteiger partial charge is 0.339 e. The molecule has 4 rings (SSSR count). The topological polar surface area (TPSA) is 85.8 Å². The molecule has 0 atom stereocenters. The van der Waals surface area contributed by atoms with E-state index in [9.17, 15) is 14.7 Å². The zero-order valence-electron chi connectivity index (χ0n) is 19.4. The second-order valence-electron chi connectivity index (χ2n) is 9.34. The van der Waals surface area contributed by atoms with Crippen molar-refractivity contribution in [3.05, 3.63) is 53.2 Å². The maximum atomic E-state index is 12.5. The van der Waals surface area contributed by atoms with Crippen molar-refractivity contribution < 1.29 is 14.7 Å². The molecule has 0 aliphatic carbocycles. The predicted molar refractivity (Wildman–Crippen MR) is 130 cm³/mol. The number of pyridine rings is 1. The van der Waals surface area contributed by atoms with Crippen molar-refractivity contribution in [3.63, 3.8) is 0 Å². The lowest BCUT2D eigenvalue weighted by Crippen LogP contribution is -2.37. The van der Waals surface area contributed by atoms with Crippen molar-refractivity contribution in [2.75, 3.05) is 42.9 Å². The second-order valence-corrected chi connectivity index (χ2v) is 9.34. The van der Waals surface area contributed by atoms with Gasteiger partial charge in [0.1, 0.15) is 11.4 Å². The van der Waals surface area contributed by atoms with Crippen LogP contribution in [0, 0.1) is 12.8 Å². The summed E-state index contributed by atoms with van der Waals surface area (Å²) in [6.45, 7) is 7.23. The number of benzene rings is 1. The normalized spacial score (nSPS) is 17.7. The maximum absolute atomic E-state index is 12.5. The van der Waals surface area contributed by atoms with Crippen molar-refractivity contribution in [3.8, 4) is 0 Å². The van der Waals surface area contributed by atoms with Gasteiger partial charge in [-0.3, -0.25) is 4.79 Å². The number of nitrogens with zero attached hydrogens (tertiary/aromatic N) is 3. The van der Waals surface area contributed by atoms with Gasteiger partial charge in [0.25, 0.3) is 5.91 Å². The van der Waals surface area contributed by atoms with Crippen LogP contribution in [0.2, 0.25) is 0 Å². The molecule has 0 spiro atoms. The number of aromatic carboxylic acids is 1. The Morgan fingerprint density at radius 1 is 1.06 bits per heavy atom. The van der Waals surface area contributed by atoms with E-state index in [0.717, 1.165) is 31.5 Å². The Labute approximate surface area is 195 Å². The van der Waals surface area contributed by atoms with Crippen molar-refractivity contribution in [2.24, 2.45) is 5.92 Å². The van der Waals surface area contributed by atoms with Gasteiger partial charge in [0.05, 0.1) is 11.9 Å². The van der Waals surface area contributed by atoms with Crippen LogP contribution < -0.4 is 10.2 Å². The molecule has 0 saturated carbocycles. The number of aryl methyl sites for hydroxylation is 1. The molecule has 176 valence electrons. The number of rotatable bonds is 7. The molecule has 7 heteroatoms. The highest BCUT2D eigenvalue weighted by molar-refractivity contribution is 6.05. The summed E-state index contributed by atoms with van der Waals surface area (Å²) in [4.78, 5) is 33.6. The molecule has 1 amide bonds. The van der Waals surface area contributed by atoms with E-state index >= 15 is 0 Å². The van der Waals surface area contributed by atoms with E-state index < -0.39 is 5.97 Å². The van der Waals surface area contributed by atoms with E-state index in [-0.39, 0.29) is 11.5 Å². The molecule has 0 radical (unpaired) electrons. The van der Waals surface area contributed by atoms with Gasteiger partial charge in [-0.25, -0.2) is 9.78 Å². The van der Waals surface area contributed by atoms with Gasteiger partial charge in [-0.1, -0.05) is 24.1 Å². The largest absolute Gasteiger partial charge is 0.478 e. The molecule has 33 heavy (non-hydrogen) atoms. The minimum absolute atomic E-state index is 0.128. The minimum atomic E-state index is -1.03. The highest BCUT2D eigenvalue weighted by Gasteiger charge is 2.25. The first kappa shape index (κ1) is 23.2. The molecular formula is C26H34N4O3. The van der Waals surface area contributed by atoms with Crippen molar-refractivity contribution in [1.82, 2.24) is 9.88 Å². The Bertz CT molecular complexity index is 962. The Hall–Kier alpha value is -2.93. The molecule has 1 aromatic carbocycles. The molecule has 0 bridgehead atoms. The van der Waals surface area contributed by atoms with Gasteiger partial charge in [-0.05, 0) is 82.8 Å². The number of carboxylic acid groups (broad SMARTS) is 1. The molecule has 2 aromatic rings. The number of amides is 1. The van der Waals surface area contributed by atoms with Crippen LogP contribution in [0.25, 0.3) is 0 Å². The quantitative estimate of drug-likeness (QED) is 0.649.